The summed E-state index contributed by atoms with van der Waals surface area (Å²) in [7, 11) is 0. The summed E-state index contributed by atoms with van der Waals surface area (Å²) in [5, 5.41) is 13.6. The lowest BCUT2D eigenvalue weighted by atomic mass is 9.80. The Morgan fingerprint density at radius 1 is 1.60 bits per heavy atom. The molecule has 1 aliphatic rings. The monoisotopic (exact) mass is 210 g/mol. The second-order valence-corrected chi connectivity index (χ2v) is 4.29. The van der Waals surface area contributed by atoms with E-state index in [-0.39, 0.29) is 6.10 Å². The molecule has 0 radical (unpaired) electrons. The van der Waals surface area contributed by atoms with E-state index < -0.39 is 5.54 Å². The van der Waals surface area contributed by atoms with Gasteiger partial charge in [0.2, 0.25) is 0 Å². The Kier molecular flexibility index (Phi) is 2.75. The molecule has 1 saturated carbocycles. The molecular weight excluding hydrogens is 192 g/mol. The Bertz CT molecular complexity index is 328. The van der Waals surface area contributed by atoms with Crippen LogP contribution in [0.1, 0.15) is 38.4 Å². The van der Waals surface area contributed by atoms with E-state index in [1.165, 1.54) is 0 Å². The Labute approximate surface area is 89.3 Å². The lowest BCUT2D eigenvalue weighted by Crippen LogP contribution is -2.44. The maximum atomic E-state index is 9.47. The molecule has 1 heterocycles. The van der Waals surface area contributed by atoms with Crippen LogP contribution >= 0.6 is 0 Å². The number of hydrogen-bond acceptors (Lipinski definition) is 4. The van der Waals surface area contributed by atoms with Crippen LogP contribution in [0.3, 0.4) is 0 Å². The molecule has 0 aromatic carbocycles. The van der Waals surface area contributed by atoms with Crippen LogP contribution in [0.5, 0.6) is 0 Å². The molecule has 1 aromatic rings. The van der Waals surface area contributed by atoms with Gasteiger partial charge in [0.1, 0.15) is 12.2 Å². The fourth-order valence-corrected chi connectivity index (χ4v) is 2.22. The number of aromatic nitrogens is 3. The molecule has 15 heavy (non-hydrogen) atoms. The van der Waals surface area contributed by atoms with Crippen LogP contribution in [0.4, 0.5) is 0 Å². The fourth-order valence-electron chi connectivity index (χ4n) is 2.22. The number of aliphatic hydroxyl groups excluding tert-OH is 1. The summed E-state index contributed by atoms with van der Waals surface area (Å²) in [5.41, 5.74) is 5.93. The molecule has 0 atom stereocenters. The first kappa shape index (κ1) is 10.6. The van der Waals surface area contributed by atoms with Crippen molar-refractivity contribution in [3.8, 4) is 0 Å². The van der Waals surface area contributed by atoms with Gasteiger partial charge in [-0.2, -0.15) is 5.10 Å². The first-order valence-electron chi connectivity index (χ1n) is 5.51. The lowest BCUT2D eigenvalue weighted by Gasteiger charge is -2.34. The summed E-state index contributed by atoms with van der Waals surface area (Å²) in [6, 6.07) is 0. The largest absolute Gasteiger partial charge is 0.393 e. The van der Waals surface area contributed by atoms with Gasteiger partial charge in [0.15, 0.2) is 0 Å². The number of aliphatic hydroxyl groups is 1. The zero-order chi connectivity index (χ0) is 10.9. The van der Waals surface area contributed by atoms with Crippen molar-refractivity contribution in [2.45, 2.75) is 50.8 Å². The van der Waals surface area contributed by atoms with E-state index in [1.54, 1.807) is 6.33 Å². The third kappa shape index (κ3) is 1.89. The van der Waals surface area contributed by atoms with E-state index >= 15 is 0 Å². The van der Waals surface area contributed by atoms with Crippen LogP contribution in [-0.2, 0) is 12.1 Å². The third-order valence-corrected chi connectivity index (χ3v) is 3.21. The quantitative estimate of drug-likeness (QED) is 0.740. The van der Waals surface area contributed by atoms with Crippen LogP contribution < -0.4 is 5.73 Å². The number of nitrogens with zero attached hydrogens (tertiary/aromatic N) is 3. The predicted octanol–water partition coefficient (Wildman–Crippen LogP) is 0.387. The summed E-state index contributed by atoms with van der Waals surface area (Å²) < 4.78 is 1.84. The lowest BCUT2D eigenvalue weighted by molar-refractivity contribution is 0.0926. The van der Waals surface area contributed by atoms with Gasteiger partial charge in [-0.1, -0.05) is 0 Å². The molecule has 1 aromatic heterocycles. The summed E-state index contributed by atoms with van der Waals surface area (Å²) in [5.74, 6) is 0.858. The minimum absolute atomic E-state index is 0.195. The van der Waals surface area contributed by atoms with E-state index in [1.807, 2.05) is 11.6 Å². The third-order valence-electron chi connectivity index (χ3n) is 3.21. The maximum absolute atomic E-state index is 9.47. The van der Waals surface area contributed by atoms with Crippen molar-refractivity contribution in [3.05, 3.63) is 12.2 Å². The normalized spacial score (nSPS) is 31.8. The van der Waals surface area contributed by atoms with Crippen molar-refractivity contribution >= 4 is 0 Å². The second-order valence-electron chi connectivity index (χ2n) is 4.29. The van der Waals surface area contributed by atoms with Crippen LogP contribution in [0.25, 0.3) is 0 Å². The van der Waals surface area contributed by atoms with Crippen molar-refractivity contribution in [1.82, 2.24) is 14.8 Å². The van der Waals surface area contributed by atoms with Crippen LogP contribution in [0, 0.1) is 0 Å². The minimum atomic E-state index is -0.397. The fraction of sp³-hybridized carbons (Fsp3) is 0.800. The molecule has 5 nitrogen and oxygen atoms in total. The predicted molar refractivity (Wildman–Crippen MR) is 56.0 cm³/mol. The van der Waals surface area contributed by atoms with E-state index in [9.17, 15) is 5.11 Å². The average Bonchev–Trinajstić information content (AvgIpc) is 2.71. The van der Waals surface area contributed by atoms with Gasteiger partial charge < -0.3 is 10.8 Å². The summed E-state index contributed by atoms with van der Waals surface area (Å²) >= 11 is 0. The second kappa shape index (κ2) is 3.90. The molecule has 1 fully saturated rings. The smallest absolute Gasteiger partial charge is 0.146 e. The van der Waals surface area contributed by atoms with Gasteiger partial charge in [0, 0.05) is 6.54 Å². The summed E-state index contributed by atoms with van der Waals surface area (Å²) in [6.07, 6.45) is 4.44. The van der Waals surface area contributed by atoms with Crippen LogP contribution in [0.15, 0.2) is 6.33 Å². The molecule has 1 aliphatic carbocycles. The SMILES string of the molecule is CCn1ncnc1C1(N)CCC(O)CC1. The van der Waals surface area contributed by atoms with Crippen molar-refractivity contribution in [2.75, 3.05) is 0 Å². The molecule has 0 unspecified atom stereocenters. The Morgan fingerprint density at radius 3 is 2.87 bits per heavy atom. The summed E-state index contributed by atoms with van der Waals surface area (Å²) in [4.78, 5) is 4.25. The number of rotatable bonds is 2. The van der Waals surface area contributed by atoms with Gasteiger partial charge in [-0.15, -0.1) is 0 Å². The highest BCUT2D eigenvalue weighted by Crippen LogP contribution is 2.33. The molecule has 0 saturated heterocycles. The average molecular weight is 210 g/mol. The van der Waals surface area contributed by atoms with Crippen molar-refractivity contribution < 1.29 is 5.11 Å². The summed E-state index contributed by atoms with van der Waals surface area (Å²) in [6.45, 7) is 2.82. The Morgan fingerprint density at radius 2 is 2.27 bits per heavy atom. The number of nitrogens with two attached hydrogens (primary N) is 1. The molecule has 3 N–H and O–H groups in total. The first-order valence-corrected chi connectivity index (χ1v) is 5.51. The molecule has 0 aliphatic heterocycles. The zero-order valence-electron chi connectivity index (χ0n) is 9.06. The van der Waals surface area contributed by atoms with Crippen LogP contribution in [-0.4, -0.2) is 26.0 Å². The molecular formula is C10H18N4O. The van der Waals surface area contributed by atoms with Gasteiger partial charge in [0.05, 0.1) is 11.6 Å². The molecule has 0 spiro atoms. The van der Waals surface area contributed by atoms with Crippen molar-refractivity contribution in [1.29, 1.82) is 0 Å². The highest BCUT2D eigenvalue weighted by Gasteiger charge is 2.36. The van der Waals surface area contributed by atoms with Crippen LogP contribution in [0.2, 0.25) is 0 Å². The zero-order valence-corrected chi connectivity index (χ0v) is 9.06. The molecule has 84 valence electrons. The van der Waals surface area contributed by atoms with Gasteiger partial charge >= 0.3 is 0 Å². The minimum Gasteiger partial charge on any atom is -0.393 e. The molecule has 2 rings (SSSR count). The van der Waals surface area contributed by atoms with Gasteiger partial charge in [-0.05, 0) is 32.6 Å². The first-order chi connectivity index (χ1) is 7.15. The van der Waals surface area contributed by atoms with E-state index in [4.69, 9.17) is 5.73 Å². The van der Waals surface area contributed by atoms with Gasteiger partial charge in [0.25, 0.3) is 0 Å². The molecule has 5 heteroatoms. The van der Waals surface area contributed by atoms with Crippen molar-refractivity contribution in [2.24, 2.45) is 5.73 Å². The maximum Gasteiger partial charge on any atom is 0.146 e. The standard InChI is InChI=1S/C10H18N4O/c1-2-14-9(12-7-13-14)10(11)5-3-8(15)4-6-10/h7-8,15H,2-6,11H2,1H3. The van der Waals surface area contributed by atoms with E-state index in [0.717, 1.165) is 38.1 Å². The van der Waals surface area contributed by atoms with Gasteiger partial charge in [-0.25, -0.2) is 9.67 Å². The molecule has 0 bridgehead atoms. The Balaban J connectivity index is 2.22. The molecule has 0 amide bonds. The number of hydrogen-bond donors (Lipinski definition) is 2. The van der Waals surface area contributed by atoms with Crippen molar-refractivity contribution in [3.63, 3.8) is 0 Å². The van der Waals surface area contributed by atoms with E-state index in [0.29, 0.717) is 0 Å². The number of aryl methyl sites for hydroxylation is 1. The van der Waals surface area contributed by atoms with Gasteiger partial charge in [-0.3, -0.25) is 0 Å². The topological polar surface area (TPSA) is 77.0 Å². The van der Waals surface area contributed by atoms with E-state index in [2.05, 4.69) is 10.1 Å². The highest BCUT2D eigenvalue weighted by molar-refractivity contribution is 5.06. The Hall–Kier alpha value is -0.940. The highest BCUT2D eigenvalue weighted by atomic mass is 16.3.